The van der Waals surface area contributed by atoms with Crippen LogP contribution in [0.5, 0.6) is 0 Å². The molecule has 18 heavy (non-hydrogen) atoms. The van der Waals surface area contributed by atoms with Crippen LogP contribution in [0.15, 0.2) is 36.4 Å². The Kier molecular flexibility index (Phi) is 3.58. The number of para-hydroxylation sites is 1. The van der Waals surface area contributed by atoms with Gasteiger partial charge in [0, 0.05) is 25.5 Å². The molecule has 0 aliphatic heterocycles. The molecule has 0 aliphatic rings. The van der Waals surface area contributed by atoms with Gasteiger partial charge in [-0.1, -0.05) is 18.2 Å². The van der Waals surface area contributed by atoms with Gasteiger partial charge in [-0.3, -0.25) is 0 Å². The Balaban J connectivity index is 2.48. The number of aromatic nitrogens is 2. The van der Waals surface area contributed by atoms with Crippen LogP contribution in [-0.4, -0.2) is 29.1 Å². The van der Waals surface area contributed by atoms with Crippen LogP contribution >= 0.6 is 0 Å². The van der Waals surface area contributed by atoms with E-state index in [4.69, 9.17) is 0 Å². The fourth-order valence-corrected chi connectivity index (χ4v) is 1.90. The van der Waals surface area contributed by atoms with Gasteiger partial charge in [-0.25, -0.2) is 20.0 Å². The molecule has 1 heterocycles. The Labute approximate surface area is 108 Å². The Morgan fingerprint density at radius 2 is 1.44 bits per heavy atom. The van der Waals surface area contributed by atoms with Gasteiger partial charge in [0.1, 0.15) is 0 Å². The molecule has 94 valence electrons. The van der Waals surface area contributed by atoms with Crippen molar-refractivity contribution in [3.8, 4) is 0 Å². The monoisotopic (exact) mass is 242 g/mol. The third-order valence-electron chi connectivity index (χ3n) is 2.56. The highest BCUT2D eigenvalue weighted by molar-refractivity contribution is 5.55. The lowest BCUT2D eigenvalue weighted by Gasteiger charge is -2.29. The highest BCUT2D eigenvalue weighted by Gasteiger charge is 2.14. The Morgan fingerprint density at radius 1 is 0.889 bits per heavy atom. The molecule has 0 N–H and O–H groups in total. The summed E-state index contributed by atoms with van der Waals surface area (Å²) in [5.74, 6) is 0.698. The van der Waals surface area contributed by atoms with E-state index in [1.807, 2.05) is 74.4 Å². The van der Waals surface area contributed by atoms with Crippen molar-refractivity contribution in [2.24, 2.45) is 0 Å². The molecule has 4 nitrogen and oxygen atoms in total. The fraction of sp³-hybridized carbons (Fsp3) is 0.286. The van der Waals surface area contributed by atoms with Gasteiger partial charge in [-0.2, -0.15) is 0 Å². The zero-order chi connectivity index (χ0) is 13.1. The lowest BCUT2D eigenvalue weighted by atomic mass is 10.3. The second-order valence-electron chi connectivity index (χ2n) is 4.45. The van der Waals surface area contributed by atoms with Gasteiger partial charge in [0.05, 0.1) is 5.69 Å². The predicted molar refractivity (Wildman–Crippen MR) is 73.8 cm³/mol. The zero-order valence-corrected chi connectivity index (χ0v) is 11.3. The SMILES string of the molecule is Cc1cc(C)nc(N(c2ccccc2)N(C)C)n1. The molecule has 0 amide bonds. The first-order chi connectivity index (χ1) is 8.58. The Hall–Kier alpha value is -1.94. The number of hydrogen-bond acceptors (Lipinski definition) is 4. The third kappa shape index (κ3) is 2.65. The summed E-state index contributed by atoms with van der Waals surface area (Å²) >= 11 is 0. The summed E-state index contributed by atoms with van der Waals surface area (Å²) in [6, 6.07) is 12.1. The second-order valence-corrected chi connectivity index (χ2v) is 4.45. The van der Waals surface area contributed by atoms with Crippen LogP contribution in [0.1, 0.15) is 11.4 Å². The third-order valence-corrected chi connectivity index (χ3v) is 2.56. The van der Waals surface area contributed by atoms with E-state index in [2.05, 4.69) is 9.97 Å². The second kappa shape index (κ2) is 5.14. The van der Waals surface area contributed by atoms with Gasteiger partial charge < -0.3 is 0 Å². The number of benzene rings is 1. The average Bonchev–Trinajstić information content (AvgIpc) is 2.28. The largest absolute Gasteiger partial charge is 0.245 e. The highest BCUT2D eigenvalue weighted by Crippen LogP contribution is 2.22. The smallest absolute Gasteiger partial charge is 0.241 e. The van der Waals surface area contributed by atoms with Crippen LogP contribution < -0.4 is 5.01 Å². The van der Waals surface area contributed by atoms with Crippen LogP contribution in [0.3, 0.4) is 0 Å². The van der Waals surface area contributed by atoms with Gasteiger partial charge in [-0.15, -0.1) is 0 Å². The zero-order valence-electron chi connectivity index (χ0n) is 11.3. The number of aryl methyl sites for hydroxylation is 2. The van der Waals surface area contributed by atoms with Crippen LogP contribution in [-0.2, 0) is 0 Å². The summed E-state index contributed by atoms with van der Waals surface area (Å²) in [4.78, 5) is 9.01. The van der Waals surface area contributed by atoms with Gasteiger partial charge in [0.2, 0.25) is 5.95 Å². The number of hydrogen-bond donors (Lipinski definition) is 0. The fourth-order valence-electron chi connectivity index (χ4n) is 1.90. The summed E-state index contributed by atoms with van der Waals surface area (Å²) < 4.78 is 0. The first-order valence-electron chi connectivity index (χ1n) is 5.92. The van der Waals surface area contributed by atoms with E-state index in [9.17, 15) is 0 Å². The maximum atomic E-state index is 4.51. The molecular weight excluding hydrogens is 224 g/mol. The molecule has 0 atom stereocenters. The molecule has 0 spiro atoms. The summed E-state index contributed by atoms with van der Waals surface area (Å²) in [7, 11) is 3.96. The van der Waals surface area contributed by atoms with E-state index in [1.165, 1.54) is 0 Å². The number of rotatable bonds is 3. The summed E-state index contributed by atoms with van der Waals surface area (Å²) in [5.41, 5.74) is 2.99. The predicted octanol–water partition coefficient (Wildman–Crippen LogP) is 2.71. The first-order valence-corrected chi connectivity index (χ1v) is 5.92. The van der Waals surface area contributed by atoms with E-state index < -0.39 is 0 Å². The minimum atomic E-state index is 0.698. The molecule has 0 radical (unpaired) electrons. The quantitative estimate of drug-likeness (QED) is 0.775. The maximum Gasteiger partial charge on any atom is 0.245 e. The standard InChI is InChI=1S/C14H18N4/c1-11-10-12(2)16-14(15-11)18(17(3)4)13-8-6-5-7-9-13/h5-10H,1-4H3. The van der Waals surface area contributed by atoms with E-state index >= 15 is 0 Å². The van der Waals surface area contributed by atoms with Gasteiger partial charge in [-0.05, 0) is 32.0 Å². The van der Waals surface area contributed by atoms with Gasteiger partial charge in [0.15, 0.2) is 0 Å². The molecule has 2 rings (SSSR count). The molecule has 4 heteroatoms. The topological polar surface area (TPSA) is 32.3 Å². The van der Waals surface area contributed by atoms with Crippen molar-refractivity contribution in [2.45, 2.75) is 13.8 Å². The molecule has 0 aliphatic carbocycles. The molecule has 0 fully saturated rings. The minimum absolute atomic E-state index is 0.698. The van der Waals surface area contributed by atoms with Crippen LogP contribution in [0.2, 0.25) is 0 Å². The lowest BCUT2D eigenvalue weighted by molar-refractivity contribution is 0.409. The normalized spacial score (nSPS) is 10.7. The van der Waals surface area contributed by atoms with Crippen molar-refractivity contribution in [1.29, 1.82) is 0 Å². The van der Waals surface area contributed by atoms with Crippen LogP contribution in [0, 0.1) is 13.8 Å². The van der Waals surface area contributed by atoms with Crippen molar-refractivity contribution in [1.82, 2.24) is 15.0 Å². The molecule has 0 bridgehead atoms. The van der Waals surface area contributed by atoms with E-state index in [0.29, 0.717) is 5.95 Å². The Morgan fingerprint density at radius 3 is 1.94 bits per heavy atom. The van der Waals surface area contributed by atoms with Crippen molar-refractivity contribution >= 4 is 11.6 Å². The number of nitrogens with zero attached hydrogens (tertiary/aromatic N) is 4. The molecule has 1 aromatic carbocycles. The lowest BCUT2D eigenvalue weighted by Crippen LogP contribution is -2.34. The maximum absolute atomic E-state index is 4.51. The number of anilines is 2. The van der Waals surface area contributed by atoms with Crippen LogP contribution in [0.4, 0.5) is 11.6 Å². The first kappa shape index (κ1) is 12.5. The summed E-state index contributed by atoms with van der Waals surface area (Å²) in [5, 5.41) is 3.96. The van der Waals surface area contributed by atoms with Crippen molar-refractivity contribution in [2.75, 3.05) is 19.1 Å². The van der Waals surface area contributed by atoms with E-state index in [0.717, 1.165) is 17.1 Å². The van der Waals surface area contributed by atoms with Gasteiger partial charge >= 0.3 is 0 Å². The van der Waals surface area contributed by atoms with Gasteiger partial charge in [0.25, 0.3) is 0 Å². The molecule has 0 saturated heterocycles. The van der Waals surface area contributed by atoms with Crippen molar-refractivity contribution in [3.05, 3.63) is 47.8 Å². The summed E-state index contributed by atoms with van der Waals surface area (Å²) in [6.07, 6.45) is 0. The Bertz CT molecular complexity index is 502. The molecule has 0 unspecified atom stereocenters. The number of hydrazine groups is 1. The average molecular weight is 242 g/mol. The highest BCUT2D eigenvalue weighted by atomic mass is 15.6. The van der Waals surface area contributed by atoms with Crippen molar-refractivity contribution in [3.63, 3.8) is 0 Å². The minimum Gasteiger partial charge on any atom is -0.241 e. The van der Waals surface area contributed by atoms with E-state index in [1.54, 1.807) is 0 Å². The molecular formula is C14H18N4. The molecule has 2 aromatic rings. The van der Waals surface area contributed by atoms with Crippen molar-refractivity contribution < 1.29 is 0 Å². The van der Waals surface area contributed by atoms with Crippen LogP contribution in [0.25, 0.3) is 0 Å². The molecule has 1 aromatic heterocycles. The van der Waals surface area contributed by atoms with E-state index in [-0.39, 0.29) is 0 Å². The molecule has 0 saturated carbocycles. The summed E-state index contributed by atoms with van der Waals surface area (Å²) in [6.45, 7) is 3.97.